The van der Waals surface area contributed by atoms with Crippen LogP contribution in [0.25, 0.3) is 0 Å². The average molecular weight is 469 g/mol. The molecule has 34 heavy (non-hydrogen) atoms. The van der Waals surface area contributed by atoms with Gasteiger partial charge in [0.1, 0.15) is 6.10 Å². The topological polar surface area (TPSA) is 63.6 Å². The summed E-state index contributed by atoms with van der Waals surface area (Å²) in [4.78, 5) is 25.8. The van der Waals surface area contributed by atoms with E-state index < -0.39 is 0 Å². The summed E-state index contributed by atoms with van der Waals surface area (Å²) >= 11 is 0. The molecule has 5 aliphatic rings. The number of aliphatic hydroxyl groups is 1. The van der Waals surface area contributed by atoms with Gasteiger partial charge in [0, 0.05) is 23.0 Å². The summed E-state index contributed by atoms with van der Waals surface area (Å²) in [5.41, 5.74) is 3.09. The molecule has 0 aromatic heterocycles. The van der Waals surface area contributed by atoms with Crippen molar-refractivity contribution in [3.63, 3.8) is 0 Å². The summed E-state index contributed by atoms with van der Waals surface area (Å²) in [5.74, 6) is 1.33. The highest BCUT2D eigenvalue weighted by Crippen LogP contribution is 2.71. The number of hydrogen-bond acceptors (Lipinski definition) is 4. The Morgan fingerprint density at radius 1 is 1.09 bits per heavy atom. The zero-order valence-corrected chi connectivity index (χ0v) is 22.3. The van der Waals surface area contributed by atoms with Gasteiger partial charge in [-0.2, -0.15) is 0 Å². The van der Waals surface area contributed by atoms with Crippen LogP contribution in [0.5, 0.6) is 0 Å². The Balaban J connectivity index is 1.48. The summed E-state index contributed by atoms with van der Waals surface area (Å²) in [7, 11) is 0. The van der Waals surface area contributed by atoms with Crippen molar-refractivity contribution in [2.75, 3.05) is 0 Å². The van der Waals surface area contributed by atoms with Gasteiger partial charge in [-0.3, -0.25) is 4.79 Å². The van der Waals surface area contributed by atoms with Crippen molar-refractivity contribution >= 4 is 11.8 Å². The lowest BCUT2D eigenvalue weighted by molar-refractivity contribution is -0.140. The zero-order valence-electron chi connectivity index (χ0n) is 22.3. The van der Waals surface area contributed by atoms with Gasteiger partial charge in [-0.25, -0.2) is 4.79 Å². The zero-order chi connectivity index (χ0) is 24.8. The fourth-order valence-electron chi connectivity index (χ4n) is 9.56. The number of ketones is 1. The minimum atomic E-state index is -0.330. The number of esters is 1. The highest BCUT2D eigenvalue weighted by atomic mass is 16.5. The second kappa shape index (κ2) is 7.54. The molecule has 0 bridgehead atoms. The van der Waals surface area contributed by atoms with E-state index in [4.69, 9.17) is 4.74 Å². The van der Waals surface area contributed by atoms with Crippen LogP contribution in [-0.4, -0.2) is 29.1 Å². The molecule has 1 aliphatic heterocycles. The lowest BCUT2D eigenvalue weighted by Gasteiger charge is -2.61. The number of cyclic esters (lactones) is 1. The summed E-state index contributed by atoms with van der Waals surface area (Å²) in [5, 5.41) is 10.8. The highest BCUT2D eigenvalue weighted by Gasteiger charge is 2.65. The Labute approximate surface area is 205 Å². The summed E-state index contributed by atoms with van der Waals surface area (Å²) in [6.45, 7) is 15.7. The van der Waals surface area contributed by atoms with Crippen LogP contribution >= 0.6 is 0 Å². The maximum Gasteiger partial charge on any atom is 0.334 e. The largest absolute Gasteiger partial charge is 0.455 e. The number of carbonyl (C=O) groups excluding carboxylic acids is 2. The van der Waals surface area contributed by atoms with Crippen LogP contribution in [0.1, 0.15) is 99.8 Å². The fraction of sp³-hybridized carbons (Fsp3) is 0.800. The first kappa shape index (κ1) is 24.3. The molecule has 0 saturated heterocycles. The second-order valence-electron chi connectivity index (χ2n) is 13.7. The third-order valence-corrected chi connectivity index (χ3v) is 11.9. The average Bonchev–Trinajstić information content (AvgIpc) is 3.21. The van der Waals surface area contributed by atoms with Gasteiger partial charge in [-0.05, 0) is 91.9 Å². The van der Waals surface area contributed by atoms with E-state index in [-0.39, 0.29) is 45.8 Å². The van der Waals surface area contributed by atoms with Gasteiger partial charge in [-0.1, -0.05) is 47.1 Å². The molecule has 2 fully saturated rings. The third-order valence-electron chi connectivity index (χ3n) is 11.9. The standard InChI is InChI=1S/C30H44O4/c1-17(14-19-15-18(2)26(33)34-19)20-8-13-30(7)25-21(9-12-29(20,30)6)28(5)11-10-24(32)27(3,4)23(28)16-22(25)31/h15,17,19-20,23-24,32H,8-14,16H2,1-7H3. The SMILES string of the molecule is CC1=CC(CC(C)C2CCC3(C)C4=C(CCC23C)C2(C)CCC(O)C(C)(C)C2CC4=O)OC1=O. The molecule has 8 atom stereocenters. The summed E-state index contributed by atoms with van der Waals surface area (Å²) < 4.78 is 5.59. The van der Waals surface area contributed by atoms with E-state index in [9.17, 15) is 14.7 Å². The summed E-state index contributed by atoms with van der Waals surface area (Å²) in [6, 6.07) is 0. The van der Waals surface area contributed by atoms with Crippen LogP contribution < -0.4 is 0 Å². The van der Waals surface area contributed by atoms with Gasteiger partial charge in [0.25, 0.3) is 0 Å². The van der Waals surface area contributed by atoms with Gasteiger partial charge < -0.3 is 9.84 Å². The molecule has 0 aromatic rings. The predicted molar refractivity (Wildman–Crippen MR) is 133 cm³/mol. The molecular weight excluding hydrogens is 424 g/mol. The molecule has 5 rings (SSSR count). The lowest BCUT2D eigenvalue weighted by atomic mass is 9.43. The van der Waals surface area contributed by atoms with Gasteiger partial charge in [0.2, 0.25) is 0 Å². The molecule has 2 saturated carbocycles. The number of aliphatic hydroxyl groups excluding tert-OH is 1. The monoisotopic (exact) mass is 468 g/mol. The van der Waals surface area contributed by atoms with Crippen molar-refractivity contribution in [2.24, 2.45) is 39.4 Å². The molecule has 0 spiro atoms. The van der Waals surface area contributed by atoms with Gasteiger partial charge >= 0.3 is 5.97 Å². The number of ether oxygens (including phenoxy) is 1. The van der Waals surface area contributed by atoms with Crippen molar-refractivity contribution in [1.29, 1.82) is 0 Å². The van der Waals surface area contributed by atoms with Crippen molar-refractivity contribution in [2.45, 2.75) is 112 Å². The minimum Gasteiger partial charge on any atom is -0.455 e. The molecule has 0 radical (unpaired) electrons. The number of hydrogen-bond donors (Lipinski definition) is 1. The molecule has 188 valence electrons. The van der Waals surface area contributed by atoms with Gasteiger partial charge in [0.15, 0.2) is 5.78 Å². The number of carbonyl (C=O) groups is 2. The van der Waals surface area contributed by atoms with Crippen molar-refractivity contribution < 1.29 is 19.4 Å². The quantitative estimate of drug-likeness (QED) is 0.503. The number of Topliss-reactive ketones (excluding diaryl/α,β-unsaturated/α-hetero) is 1. The third kappa shape index (κ3) is 3.06. The van der Waals surface area contributed by atoms with E-state index in [2.05, 4.69) is 41.5 Å². The Hall–Kier alpha value is -1.42. The number of rotatable bonds is 3. The maximum atomic E-state index is 13.9. The minimum absolute atomic E-state index is 0.0143. The fourth-order valence-corrected chi connectivity index (χ4v) is 9.56. The van der Waals surface area contributed by atoms with Crippen molar-refractivity contribution in [3.05, 3.63) is 22.8 Å². The van der Waals surface area contributed by atoms with E-state index in [1.165, 1.54) is 11.1 Å². The van der Waals surface area contributed by atoms with Crippen molar-refractivity contribution in [1.82, 2.24) is 0 Å². The maximum absolute atomic E-state index is 13.9. The Morgan fingerprint density at radius 3 is 2.44 bits per heavy atom. The first-order valence-electron chi connectivity index (χ1n) is 13.6. The smallest absolute Gasteiger partial charge is 0.334 e. The molecule has 1 N–H and O–H groups in total. The predicted octanol–water partition coefficient (Wildman–Crippen LogP) is 6.17. The Morgan fingerprint density at radius 2 is 1.79 bits per heavy atom. The van der Waals surface area contributed by atoms with Crippen LogP contribution in [0.2, 0.25) is 0 Å². The van der Waals surface area contributed by atoms with Gasteiger partial charge in [-0.15, -0.1) is 0 Å². The normalized spacial score (nSPS) is 46.4. The summed E-state index contributed by atoms with van der Waals surface area (Å²) in [6.07, 6.45) is 9.13. The molecule has 4 aliphatic carbocycles. The first-order valence-corrected chi connectivity index (χ1v) is 13.6. The van der Waals surface area contributed by atoms with E-state index in [0.717, 1.165) is 50.5 Å². The van der Waals surface area contributed by atoms with Crippen LogP contribution in [0.15, 0.2) is 22.8 Å². The first-order chi connectivity index (χ1) is 15.8. The number of fused-ring (bicyclic) bond motifs is 4. The van der Waals surface area contributed by atoms with E-state index >= 15 is 0 Å². The van der Waals surface area contributed by atoms with Crippen molar-refractivity contribution in [3.8, 4) is 0 Å². The van der Waals surface area contributed by atoms with Crippen LogP contribution in [0.3, 0.4) is 0 Å². The Bertz CT molecular complexity index is 988. The van der Waals surface area contributed by atoms with E-state index in [0.29, 0.717) is 24.0 Å². The highest BCUT2D eigenvalue weighted by molar-refractivity contribution is 5.99. The molecule has 4 nitrogen and oxygen atoms in total. The Kier molecular flexibility index (Phi) is 5.39. The lowest BCUT2D eigenvalue weighted by Crippen LogP contribution is -2.57. The molecule has 4 heteroatoms. The molecule has 8 unspecified atom stereocenters. The van der Waals surface area contributed by atoms with Gasteiger partial charge in [0.05, 0.1) is 6.10 Å². The molecule has 1 heterocycles. The number of allylic oxidation sites excluding steroid dienone is 2. The second-order valence-corrected chi connectivity index (χ2v) is 13.7. The van der Waals surface area contributed by atoms with Crippen LogP contribution in [-0.2, 0) is 14.3 Å². The van der Waals surface area contributed by atoms with E-state index in [1.54, 1.807) is 0 Å². The van der Waals surface area contributed by atoms with Crippen LogP contribution in [0, 0.1) is 39.4 Å². The van der Waals surface area contributed by atoms with E-state index in [1.807, 2.05) is 13.0 Å². The molecule has 0 aromatic carbocycles. The molecular formula is C30H44O4. The molecule has 0 amide bonds. The van der Waals surface area contributed by atoms with Crippen LogP contribution in [0.4, 0.5) is 0 Å².